The third kappa shape index (κ3) is 3.34. The molecule has 2 rings (SSSR count). The average Bonchev–Trinajstić information content (AvgIpc) is 2.88. The first-order chi connectivity index (χ1) is 8.70. The number of ether oxygens (including phenoxy) is 1. The van der Waals surface area contributed by atoms with Crippen LogP contribution < -0.4 is 4.74 Å². The molecule has 0 spiro atoms. The van der Waals surface area contributed by atoms with E-state index in [9.17, 15) is 5.11 Å². The number of rotatable bonds is 5. The van der Waals surface area contributed by atoms with Crippen LogP contribution in [0.1, 0.15) is 23.0 Å². The molecule has 1 aromatic heterocycles. The predicted molar refractivity (Wildman–Crippen MR) is 78.3 cm³/mol. The van der Waals surface area contributed by atoms with Gasteiger partial charge >= 0.3 is 0 Å². The van der Waals surface area contributed by atoms with Crippen molar-refractivity contribution in [3.63, 3.8) is 0 Å². The van der Waals surface area contributed by atoms with E-state index in [-0.39, 0.29) is 0 Å². The van der Waals surface area contributed by atoms with E-state index in [0.29, 0.717) is 6.42 Å². The van der Waals surface area contributed by atoms with Gasteiger partial charge in [-0.1, -0.05) is 28.1 Å². The molecule has 18 heavy (non-hydrogen) atoms. The highest BCUT2D eigenvalue weighted by atomic mass is 79.9. The number of thiophene rings is 1. The standard InChI is InChI=1S/C14H15BrO2S/c1-17-14-9-10(15)4-6-12(14)13(16)7-5-11-3-2-8-18-11/h2-4,6,8-9,13,16H,5,7H2,1H3. The Balaban J connectivity index is 2.06. The summed E-state index contributed by atoms with van der Waals surface area (Å²) in [5.74, 6) is 0.725. The topological polar surface area (TPSA) is 29.5 Å². The molecule has 0 fully saturated rings. The van der Waals surface area contributed by atoms with E-state index in [1.54, 1.807) is 18.4 Å². The van der Waals surface area contributed by atoms with Crippen molar-refractivity contribution in [3.05, 3.63) is 50.6 Å². The molecule has 96 valence electrons. The maximum Gasteiger partial charge on any atom is 0.125 e. The minimum Gasteiger partial charge on any atom is -0.496 e. The lowest BCUT2D eigenvalue weighted by Gasteiger charge is -2.14. The monoisotopic (exact) mass is 326 g/mol. The summed E-state index contributed by atoms with van der Waals surface area (Å²) in [6, 6.07) is 9.83. The molecule has 0 saturated heterocycles. The number of hydrogen-bond donors (Lipinski definition) is 1. The van der Waals surface area contributed by atoms with Crippen molar-refractivity contribution in [2.45, 2.75) is 18.9 Å². The molecule has 0 aliphatic heterocycles. The summed E-state index contributed by atoms with van der Waals surface area (Å²) in [7, 11) is 1.62. The van der Waals surface area contributed by atoms with Gasteiger partial charge in [-0.15, -0.1) is 11.3 Å². The van der Waals surface area contributed by atoms with E-state index in [0.717, 1.165) is 22.2 Å². The van der Waals surface area contributed by atoms with E-state index < -0.39 is 6.10 Å². The molecular weight excluding hydrogens is 312 g/mol. The number of aliphatic hydroxyl groups excluding tert-OH is 1. The quantitative estimate of drug-likeness (QED) is 0.892. The second-order valence-corrected chi connectivity index (χ2v) is 5.97. The molecule has 2 aromatic rings. The van der Waals surface area contributed by atoms with E-state index >= 15 is 0 Å². The first-order valence-electron chi connectivity index (χ1n) is 5.74. The van der Waals surface area contributed by atoms with Gasteiger partial charge in [0, 0.05) is 14.9 Å². The smallest absolute Gasteiger partial charge is 0.125 e. The molecule has 0 amide bonds. The van der Waals surface area contributed by atoms with E-state index in [1.807, 2.05) is 24.3 Å². The van der Waals surface area contributed by atoms with Crippen molar-refractivity contribution in [1.29, 1.82) is 0 Å². The molecular formula is C14H15BrO2S. The van der Waals surface area contributed by atoms with Crippen molar-refractivity contribution in [2.24, 2.45) is 0 Å². The van der Waals surface area contributed by atoms with Gasteiger partial charge in [0.05, 0.1) is 13.2 Å². The Morgan fingerprint density at radius 1 is 1.39 bits per heavy atom. The van der Waals surface area contributed by atoms with Crippen LogP contribution in [0.15, 0.2) is 40.2 Å². The van der Waals surface area contributed by atoms with E-state index in [4.69, 9.17) is 4.74 Å². The Morgan fingerprint density at radius 2 is 2.22 bits per heavy atom. The largest absolute Gasteiger partial charge is 0.496 e. The summed E-state index contributed by atoms with van der Waals surface area (Å²) < 4.78 is 6.25. The van der Waals surface area contributed by atoms with Crippen LogP contribution in [0.4, 0.5) is 0 Å². The maximum absolute atomic E-state index is 10.2. The predicted octanol–water partition coefficient (Wildman–Crippen LogP) is 4.19. The first-order valence-corrected chi connectivity index (χ1v) is 7.42. The SMILES string of the molecule is COc1cc(Br)ccc1C(O)CCc1cccs1. The molecule has 1 aromatic carbocycles. The van der Waals surface area contributed by atoms with E-state index in [2.05, 4.69) is 27.4 Å². The van der Waals surface area contributed by atoms with Crippen LogP contribution in [-0.2, 0) is 6.42 Å². The van der Waals surface area contributed by atoms with Gasteiger partial charge in [0.25, 0.3) is 0 Å². The van der Waals surface area contributed by atoms with Gasteiger partial charge < -0.3 is 9.84 Å². The van der Waals surface area contributed by atoms with Crippen molar-refractivity contribution in [2.75, 3.05) is 7.11 Å². The molecule has 0 aliphatic rings. The first kappa shape index (κ1) is 13.6. The second kappa shape index (κ2) is 6.36. The van der Waals surface area contributed by atoms with Crippen LogP contribution >= 0.6 is 27.3 Å². The molecule has 0 radical (unpaired) electrons. The van der Waals surface area contributed by atoms with Crippen LogP contribution in [0.5, 0.6) is 5.75 Å². The second-order valence-electron chi connectivity index (χ2n) is 4.02. The van der Waals surface area contributed by atoms with Crippen LogP contribution in [0.25, 0.3) is 0 Å². The summed E-state index contributed by atoms with van der Waals surface area (Å²) in [5, 5.41) is 12.3. The summed E-state index contributed by atoms with van der Waals surface area (Å²) >= 11 is 5.12. The Morgan fingerprint density at radius 3 is 2.89 bits per heavy atom. The fourth-order valence-corrected chi connectivity index (χ4v) is 2.91. The number of hydrogen-bond acceptors (Lipinski definition) is 3. The number of halogens is 1. The van der Waals surface area contributed by atoms with Gasteiger partial charge in [0.15, 0.2) is 0 Å². The Labute approximate surface area is 119 Å². The Hall–Kier alpha value is -0.840. The van der Waals surface area contributed by atoms with Crippen LogP contribution in [0.2, 0.25) is 0 Å². The lowest BCUT2D eigenvalue weighted by molar-refractivity contribution is 0.164. The van der Waals surface area contributed by atoms with Crippen molar-refractivity contribution >= 4 is 27.3 Å². The van der Waals surface area contributed by atoms with Crippen molar-refractivity contribution in [1.82, 2.24) is 0 Å². The van der Waals surface area contributed by atoms with Crippen molar-refractivity contribution in [3.8, 4) is 5.75 Å². The highest BCUT2D eigenvalue weighted by Crippen LogP contribution is 2.31. The summed E-state index contributed by atoms with van der Waals surface area (Å²) in [6.07, 6.45) is 1.10. The molecule has 0 aliphatic carbocycles. The number of aliphatic hydroxyl groups is 1. The third-order valence-corrected chi connectivity index (χ3v) is 4.23. The summed E-state index contributed by atoms with van der Waals surface area (Å²) in [5.41, 5.74) is 0.845. The maximum atomic E-state index is 10.2. The molecule has 0 saturated carbocycles. The van der Waals surface area contributed by atoms with Gasteiger partial charge in [-0.25, -0.2) is 0 Å². The zero-order valence-corrected chi connectivity index (χ0v) is 12.5. The zero-order chi connectivity index (χ0) is 13.0. The summed E-state index contributed by atoms with van der Waals surface area (Å²) in [4.78, 5) is 1.30. The molecule has 2 nitrogen and oxygen atoms in total. The molecule has 1 N–H and O–H groups in total. The normalized spacial score (nSPS) is 12.4. The van der Waals surface area contributed by atoms with Crippen molar-refractivity contribution < 1.29 is 9.84 Å². The lowest BCUT2D eigenvalue weighted by Crippen LogP contribution is -2.02. The molecule has 1 heterocycles. The number of benzene rings is 1. The fourth-order valence-electron chi connectivity index (χ4n) is 1.85. The lowest BCUT2D eigenvalue weighted by atomic mass is 10.0. The Bertz CT molecular complexity index is 497. The fraction of sp³-hybridized carbons (Fsp3) is 0.286. The average molecular weight is 327 g/mol. The van der Waals surface area contributed by atoms with Crippen LogP contribution in [-0.4, -0.2) is 12.2 Å². The zero-order valence-electron chi connectivity index (χ0n) is 10.1. The van der Waals surface area contributed by atoms with E-state index in [1.165, 1.54) is 4.88 Å². The molecule has 0 bridgehead atoms. The third-order valence-electron chi connectivity index (χ3n) is 2.80. The van der Waals surface area contributed by atoms with Gasteiger partial charge in [-0.2, -0.15) is 0 Å². The molecule has 4 heteroatoms. The van der Waals surface area contributed by atoms with Crippen LogP contribution in [0, 0.1) is 0 Å². The minimum absolute atomic E-state index is 0.491. The number of aryl methyl sites for hydroxylation is 1. The van der Waals surface area contributed by atoms with Crippen LogP contribution in [0.3, 0.4) is 0 Å². The van der Waals surface area contributed by atoms with Gasteiger partial charge in [-0.3, -0.25) is 0 Å². The highest BCUT2D eigenvalue weighted by molar-refractivity contribution is 9.10. The highest BCUT2D eigenvalue weighted by Gasteiger charge is 2.13. The minimum atomic E-state index is -0.491. The van der Waals surface area contributed by atoms with Gasteiger partial charge in [0.2, 0.25) is 0 Å². The Kier molecular flexibility index (Phi) is 4.80. The molecule has 1 unspecified atom stereocenters. The number of methoxy groups -OCH3 is 1. The summed E-state index contributed by atoms with van der Waals surface area (Å²) in [6.45, 7) is 0. The molecule has 1 atom stereocenters. The van der Waals surface area contributed by atoms with Gasteiger partial charge in [0.1, 0.15) is 5.75 Å². The van der Waals surface area contributed by atoms with Gasteiger partial charge in [-0.05, 0) is 36.4 Å².